The zero-order chi connectivity index (χ0) is 31.7. The normalized spacial score (nSPS) is 20.6. The van der Waals surface area contributed by atoms with Gasteiger partial charge in [-0.1, -0.05) is 55.8 Å². The second-order valence-corrected chi connectivity index (χ2v) is 10.3. The maximum atomic E-state index is 15.6. The first kappa shape index (κ1) is 34.3. The summed E-state index contributed by atoms with van der Waals surface area (Å²) >= 11 is 6.38. The second kappa shape index (κ2) is 15.5. The van der Waals surface area contributed by atoms with Crippen molar-refractivity contribution in [3.05, 3.63) is 81.9 Å². The molecule has 5 rings (SSSR count). The molecule has 43 heavy (non-hydrogen) atoms. The van der Waals surface area contributed by atoms with Crippen molar-refractivity contribution >= 4 is 17.9 Å². The Hall–Kier alpha value is -3.18. The van der Waals surface area contributed by atoms with Crippen molar-refractivity contribution in [2.45, 2.75) is 70.3 Å². The number of aliphatic hydroxyl groups is 2. The molecule has 0 bridgehead atoms. The van der Waals surface area contributed by atoms with Gasteiger partial charge < -0.3 is 25.0 Å². The molecule has 0 saturated heterocycles. The molecule has 1 aliphatic carbocycles. The van der Waals surface area contributed by atoms with Crippen LogP contribution in [0.3, 0.4) is 0 Å². The minimum Gasteiger partial charge on any atom is -0.480 e. The Kier molecular flexibility index (Phi) is 12.4. The SMILES string of the molecule is CC.CO.O=Cc1ccc(OC(F)F)c(F)c1-c1c(Cl)c(F)cc2c1C[C@@](CNC1CCC(O)CC1)(c1ccccc1)O2. The average molecular weight is 626 g/mol. The maximum absolute atomic E-state index is 15.6. The van der Waals surface area contributed by atoms with Crippen LogP contribution in [0.15, 0.2) is 48.5 Å². The summed E-state index contributed by atoms with van der Waals surface area (Å²) in [5.74, 6) is -2.87. The monoisotopic (exact) mass is 625 g/mol. The van der Waals surface area contributed by atoms with Gasteiger partial charge in [0, 0.05) is 54.4 Å². The molecule has 1 atom stereocenters. The van der Waals surface area contributed by atoms with Crippen molar-refractivity contribution in [2.75, 3.05) is 13.7 Å². The second-order valence-electron chi connectivity index (χ2n) is 9.89. The van der Waals surface area contributed by atoms with E-state index in [-0.39, 0.29) is 35.4 Å². The number of hydrogen-bond donors (Lipinski definition) is 3. The van der Waals surface area contributed by atoms with Crippen molar-refractivity contribution < 1.29 is 42.0 Å². The van der Waals surface area contributed by atoms with Crippen molar-refractivity contribution in [3.8, 4) is 22.6 Å². The topological polar surface area (TPSA) is 88.0 Å². The van der Waals surface area contributed by atoms with Gasteiger partial charge in [0.1, 0.15) is 11.6 Å². The van der Waals surface area contributed by atoms with Gasteiger partial charge in [0.2, 0.25) is 0 Å². The van der Waals surface area contributed by atoms with Crippen LogP contribution in [-0.2, 0) is 12.0 Å². The Bertz CT molecular complexity index is 1370. The molecule has 11 heteroatoms. The number of halogens is 5. The molecule has 0 amide bonds. The number of aliphatic hydroxyl groups excluding tert-OH is 2. The number of rotatable bonds is 8. The van der Waals surface area contributed by atoms with E-state index < -0.39 is 40.2 Å². The molecule has 1 fully saturated rings. The van der Waals surface area contributed by atoms with Gasteiger partial charge in [-0.25, -0.2) is 8.78 Å². The van der Waals surface area contributed by atoms with Crippen LogP contribution < -0.4 is 14.8 Å². The summed E-state index contributed by atoms with van der Waals surface area (Å²) in [7, 11) is 1.00. The third-order valence-electron chi connectivity index (χ3n) is 7.46. The van der Waals surface area contributed by atoms with Crippen molar-refractivity contribution in [1.29, 1.82) is 0 Å². The van der Waals surface area contributed by atoms with E-state index in [1.165, 1.54) is 0 Å². The fourth-order valence-corrected chi connectivity index (χ4v) is 5.77. The van der Waals surface area contributed by atoms with Crippen LogP contribution in [0, 0.1) is 11.6 Å². The molecule has 0 spiro atoms. The molecule has 3 N–H and O–H groups in total. The molecule has 234 valence electrons. The van der Waals surface area contributed by atoms with Crippen molar-refractivity contribution in [3.63, 3.8) is 0 Å². The lowest BCUT2D eigenvalue weighted by Crippen LogP contribution is -2.46. The fraction of sp³-hybridized carbons (Fsp3) is 0.406. The van der Waals surface area contributed by atoms with Crippen LogP contribution in [0.4, 0.5) is 17.6 Å². The summed E-state index contributed by atoms with van der Waals surface area (Å²) in [6.45, 7) is 0.993. The van der Waals surface area contributed by atoms with Gasteiger partial charge in [0.25, 0.3) is 0 Å². The van der Waals surface area contributed by atoms with Crippen LogP contribution in [0.25, 0.3) is 11.1 Å². The van der Waals surface area contributed by atoms with Crippen LogP contribution in [-0.4, -0.2) is 48.9 Å². The summed E-state index contributed by atoms with van der Waals surface area (Å²) in [4.78, 5) is 11.9. The summed E-state index contributed by atoms with van der Waals surface area (Å²) in [6.07, 6.45) is 3.04. The highest BCUT2D eigenvalue weighted by molar-refractivity contribution is 6.34. The van der Waals surface area contributed by atoms with E-state index in [9.17, 15) is 18.7 Å². The third kappa shape index (κ3) is 7.49. The minimum absolute atomic E-state index is 0.105. The van der Waals surface area contributed by atoms with Crippen LogP contribution in [0.2, 0.25) is 5.02 Å². The highest BCUT2D eigenvalue weighted by Crippen LogP contribution is 2.50. The predicted molar refractivity (Wildman–Crippen MR) is 157 cm³/mol. The number of fused-ring (bicyclic) bond motifs is 1. The molecule has 6 nitrogen and oxygen atoms in total. The van der Waals surface area contributed by atoms with Gasteiger partial charge in [-0.3, -0.25) is 4.79 Å². The molecule has 1 aliphatic heterocycles. The van der Waals surface area contributed by atoms with Crippen molar-refractivity contribution in [1.82, 2.24) is 5.32 Å². The van der Waals surface area contributed by atoms with Crippen LogP contribution >= 0.6 is 11.6 Å². The number of ether oxygens (including phenoxy) is 2. The molecule has 1 heterocycles. The maximum Gasteiger partial charge on any atom is 0.387 e. The van der Waals surface area contributed by atoms with E-state index >= 15 is 8.78 Å². The first-order valence-corrected chi connectivity index (χ1v) is 14.4. The summed E-state index contributed by atoms with van der Waals surface area (Å²) in [5, 5.41) is 19.9. The lowest BCUT2D eigenvalue weighted by molar-refractivity contribution is -0.0521. The Morgan fingerprint density at radius 2 is 1.72 bits per heavy atom. The fourth-order valence-electron chi connectivity index (χ4n) is 5.50. The molecule has 1 saturated carbocycles. The number of aldehydes is 1. The Balaban J connectivity index is 0.00000121. The van der Waals surface area contributed by atoms with Gasteiger partial charge in [-0.15, -0.1) is 0 Å². The molecule has 0 radical (unpaired) electrons. The molecule has 0 aromatic heterocycles. The minimum atomic E-state index is -3.32. The lowest BCUT2D eigenvalue weighted by Gasteiger charge is -2.34. The van der Waals surface area contributed by atoms with E-state index in [0.717, 1.165) is 43.7 Å². The highest BCUT2D eigenvalue weighted by Gasteiger charge is 2.44. The largest absolute Gasteiger partial charge is 0.480 e. The first-order chi connectivity index (χ1) is 20.7. The van der Waals surface area contributed by atoms with Gasteiger partial charge in [0.05, 0.1) is 11.1 Å². The number of nitrogens with one attached hydrogen (secondary N) is 1. The molecule has 0 unspecified atom stereocenters. The van der Waals surface area contributed by atoms with Gasteiger partial charge in [-0.05, 0) is 43.4 Å². The van der Waals surface area contributed by atoms with Gasteiger partial charge in [-0.2, -0.15) is 8.78 Å². The van der Waals surface area contributed by atoms with E-state index in [1.54, 1.807) is 0 Å². The standard InChI is InChI=1S/C29H26ClF4NO4.C2H6.CH4O/c30-26-21(31)12-23-20(25(26)24-16(14-36)6-11-22(27(24)32)38-28(33)34)13-29(39-23,17-4-2-1-3-5-17)15-35-18-7-9-19(37)10-8-18;2*1-2/h1-6,11-12,14,18-19,28,35,37H,7-10,13,15H2;1-2H3;2H,1H3/t18?,19?,29-;;/m1../s1. The summed E-state index contributed by atoms with van der Waals surface area (Å²) < 4.78 is 67.4. The molecular weight excluding hydrogens is 590 g/mol. The zero-order valence-corrected chi connectivity index (χ0v) is 24.9. The van der Waals surface area contributed by atoms with E-state index in [1.807, 2.05) is 44.2 Å². The molecule has 3 aromatic rings. The quantitative estimate of drug-likeness (QED) is 0.184. The van der Waals surface area contributed by atoms with E-state index in [2.05, 4.69) is 10.1 Å². The van der Waals surface area contributed by atoms with Gasteiger partial charge in [0.15, 0.2) is 23.5 Å². The van der Waals surface area contributed by atoms with Crippen LogP contribution in [0.1, 0.15) is 61.0 Å². The number of carbonyl (C=O) groups is 1. The lowest BCUT2D eigenvalue weighted by atomic mass is 9.84. The van der Waals surface area contributed by atoms with E-state index in [4.69, 9.17) is 21.4 Å². The number of alkyl halides is 2. The smallest absolute Gasteiger partial charge is 0.387 e. The highest BCUT2D eigenvalue weighted by atomic mass is 35.5. The van der Waals surface area contributed by atoms with Crippen molar-refractivity contribution in [2.24, 2.45) is 0 Å². The first-order valence-electron chi connectivity index (χ1n) is 14.1. The zero-order valence-electron chi connectivity index (χ0n) is 24.2. The Morgan fingerprint density at radius 1 is 1.07 bits per heavy atom. The summed E-state index contributed by atoms with van der Waals surface area (Å²) in [5.41, 5.74) is -0.726. The van der Waals surface area contributed by atoms with Crippen LogP contribution in [0.5, 0.6) is 11.5 Å². The Labute approximate surface area is 253 Å². The average Bonchev–Trinajstić information content (AvgIpc) is 3.40. The molecular formula is C32H36ClF4NO5. The number of carbonyl (C=O) groups excluding carboxylic acids is 1. The molecule has 3 aromatic carbocycles. The third-order valence-corrected chi connectivity index (χ3v) is 7.83. The Morgan fingerprint density at radius 3 is 2.33 bits per heavy atom. The number of benzene rings is 3. The van der Waals surface area contributed by atoms with E-state index in [0.29, 0.717) is 31.2 Å². The number of hydrogen-bond acceptors (Lipinski definition) is 6. The molecule has 2 aliphatic rings. The predicted octanol–water partition coefficient (Wildman–Crippen LogP) is 7.06. The summed E-state index contributed by atoms with van der Waals surface area (Å²) in [6, 6.07) is 12.5. The van der Waals surface area contributed by atoms with Gasteiger partial charge >= 0.3 is 6.61 Å².